The molecule has 0 radical (unpaired) electrons. The SMILES string of the molecule is CCOc1ccc(/C=C(\C#N)C(=O)c2cccc(OC)c2)cc1. The first-order chi connectivity index (χ1) is 11.2. The molecule has 0 aliphatic heterocycles. The zero-order chi connectivity index (χ0) is 16.7. The van der Waals surface area contributed by atoms with E-state index in [-0.39, 0.29) is 11.4 Å². The van der Waals surface area contributed by atoms with Crippen LogP contribution in [0.25, 0.3) is 6.08 Å². The Morgan fingerprint density at radius 1 is 1.17 bits per heavy atom. The van der Waals surface area contributed by atoms with Crippen LogP contribution in [-0.2, 0) is 0 Å². The molecule has 0 aliphatic carbocycles. The summed E-state index contributed by atoms with van der Waals surface area (Å²) in [5.41, 5.74) is 1.26. The number of benzene rings is 2. The summed E-state index contributed by atoms with van der Waals surface area (Å²) < 4.78 is 10.5. The van der Waals surface area contributed by atoms with E-state index >= 15 is 0 Å². The second kappa shape index (κ2) is 7.81. The predicted molar refractivity (Wildman–Crippen MR) is 88.5 cm³/mol. The monoisotopic (exact) mass is 307 g/mol. The van der Waals surface area contributed by atoms with Crippen LogP contribution in [0.2, 0.25) is 0 Å². The number of carbonyl (C=O) groups excluding carboxylic acids is 1. The first kappa shape index (κ1) is 16.3. The van der Waals surface area contributed by atoms with Crippen molar-refractivity contribution in [1.82, 2.24) is 0 Å². The van der Waals surface area contributed by atoms with Crippen molar-refractivity contribution < 1.29 is 14.3 Å². The molecule has 23 heavy (non-hydrogen) atoms. The molecule has 0 atom stereocenters. The molecule has 2 aromatic rings. The first-order valence-electron chi connectivity index (χ1n) is 7.21. The smallest absolute Gasteiger partial charge is 0.203 e. The van der Waals surface area contributed by atoms with Gasteiger partial charge in [-0.1, -0.05) is 24.3 Å². The van der Waals surface area contributed by atoms with E-state index in [4.69, 9.17) is 9.47 Å². The average Bonchev–Trinajstić information content (AvgIpc) is 2.60. The largest absolute Gasteiger partial charge is 0.497 e. The lowest BCUT2D eigenvalue weighted by Crippen LogP contribution is -2.02. The van der Waals surface area contributed by atoms with Crippen molar-refractivity contribution >= 4 is 11.9 Å². The Bertz CT molecular complexity index is 755. The van der Waals surface area contributed by atoms with Crippen molar-refractivity contribution in [3.63, 3.8) is 0 Å². The highest BCUT2D eigenvalue weighted by molar-refractivity contribution is 6.14. The Labute approximate surface area is 135 Å². The molecule has 0 N–H and O–H groups in total. The number of ether oxygens (including phenoxy) is 2. The van der Waals surface area contributed by atoms with Crippen LogP contribution in [0.15, 0.2) is 54.1 Å². The summed E-state index contributed by atoms with van der Waals surface area (Å²) in [7, 11) is 1.53. The van der Waals surface area contributed by atoms with Crippen LogP contribution in [0.5, 0.6) is 11.5 Å². The van der Waals surface area contributed by atoms with Crippen LogP contribution in [0.3, 0.4) is 0 Å². The first-order valence-corrected chi connectivity index (χ1v) is 7.21. The molecule has 2 rings (SSSR count). The zero-order valence-electron chi connectivity index (χ0n) is 13.1. The Kier molecular flexibility index (Phi) is 5.54. The lowest BCUT2D eigenvalue weighted by molar-refractivity contribution is 0.103. The molecule has 2 aromatic carbocycles. The van der Waals surface area contributed by atoms with E-state index in [1.807, 2.05) is 13.0 Å². The number of methoxy groups -OCH3 is 1. The summed E-state index contributed by atoms with van der Waals surface area (Å²) in [5, 5.41) is 9.29. The maximum Gasteiger partial charge on any atom is 0.203 e. The maximum atomic E-state index is 12.4. The number of hydrogen-bond donors (Lipinski definition) is 0. The van der Waals surface area contributed by atoms with Crippen LogP contribution < -0.4 is 9.47 Å². The molecule has 4 nitrogen and oxygen atoms in total. The quantitative estimate of drug-likeness (QED) is 0.461. The van der Waals surface area contributed by atoms with Gasteiger partial charge < -0.3 is 9.47 Å². The summed E-state index contributed by atoms with van der Waals surface area (Å²) in [5.74, 6) is 0.997. The second-order valence-corrected chi connectivity index (χ2v) is 4.73. The summed E-state index contributed by atoms with van der Waals surface area (Å²) in [6.07, 6.45) is 1.57. The third kappa shape index (κ3) is 4.21. The number of allylic oxidation sites excluding steroid dienone is 1. The minimum Gasteiger partial charge on any atom is -0.497 e. The molecule has 0 saturated heterocycles. The number of hydrogen-bond acceptors (Lipinski definition) is 4. The van der Waals surface area contributed by atoms with Gasteiger partial charge >= 0.3 is 0 Å². The fraction of sp³-hybridized carbons (Fsp3) is 0.158. The van der Waals surface area contributed by atoms with Gasteiger partial charge in [0.25, 0.3) is 0 Å². The van der Waals surface area contributed by atoms with Gasteiger partial charge in [0, 0.05) is 5.56 Å². The van der Waals surface area contributed by atoms with Crippen molar-refractivity contribution in [2.75, 3.05) is 13.7 Å². The molecule has 0 heterocycles. The Morgan fingerprint density at radius 2 is 1.91 bits per heavy atom. The highest BCUT2D eigenvalue weighted by atomic mass is 16.5. The third-order valence-electron chi connectivity index (χ3n) is 3.20. The predicted octanol–water partition coefficient (Wildman–Crippen LogP) is 3.88. The normalized spacial score (nSPS) is 10.7. The zero-order valence-corrected chi connectivity index (χ0v) is 13.1. The lowest BCUT2D eigenvalue weighted by atomic mass is 10.0. The molecule has 0 saturated carbocycles. The van der Waals surface area contributed by atoms with Crippen LogP contribution >= 0.6 is 0 Å². The van der Waals surface area contributed by atoms with Gasteiger partial charge in [-0.2, -0.15) is 5.26 Å². The molecule has 0 aliphatic rings. The number of Topliss-reactive ketones (excluding diaryl/α,β-unsaturated/α-hetero) is 1. The highest BCUT2D eigenvalue weighted by Gasteiger charge is 2.12. The van der Waals surface area contributed by atoms with Gasteiger partial charge in [-0.15, -0.1) is 0 Å². The number of carbonyl (C=O) groups is 1. The van der Waals surface area contributed by atoms with Gasteiger partial charge in [0.05, 0.1) is 13.7 Å². The summed E-state index contributed by atoms with van der Waals surface area (Å²) in [6, 6.07) is 15.9. The van der Waals surface area contributed by atoms with Gasteiger partial charge in [-0.25, -0.2) is 0 Å². The minimum atomic E-state index is -0.333. The van der Waals surface area contributed by atoms with E-state index in [0.29, 0.717) is 17.9 Å². The Hall–Kier alpha value is -3.06. The van der Waals surface area contributed by atoms with Crippen molar-refractivity contribution in [3.05, 3.63) is 65.2 Å². The maximum absolute atomic E-state index is 12.4. The van der Waals surface area contributed by atoms with Crippen LogP contribution in [0, 0.1) is 11.3 Å². The van der Waals surface area contributed by atoms with Gasteiger partial charge in [0.2, 0.25) is 5.78 Å². The lowest BCUT2D eigenvalue weighted by Gasteiger charge is -2.04. The topological polar surface area (TPSA) is 59.3 Å². The molecule has 116 valence electrons. The molecule has 0 amide bonds. The van der Waals surface area contributed by atoms with Crippen LogP contribution in [0.4, 0.5) is 0 Å². The van der Waals surface area contributed by atoms with Crippen LogP contribution in [0.1, 0.15) is 22.8 Å². The Balaban J connectivity index is 2.27. The Morgan fingerprint density at radius 3 is 2.52 bits per heavy atom. The number of nitrogens with zero attached hydrogens (tertiary/aromatic N) is 1. The van der Waals surface area contributed by atoms with Crippen LogP contribution in [-0.4, -0.2) is 19.5 Å². The molecule has 0 bridgehead atoms. The summed E-state index contributed by atoms with van der Waals surface area (Å²) in [6.45, 7) is 2.50. The highest BCUT2D eigenvalue weighted by Crippen LogP contribution is 2.19. The molecule has 0 unspecified atom stereocenters. The van der Waals surface area contributed by atoms with E-state index in [1.165, 1.54) is 7.11 Å². The molecular weight excluding hydrogens is 290 g/mol. The fourth-order valence-electron chi connectivity index (χ4n) is 2.06. The molecular formula is C19H17NO3. The molecule has 0 spiro atoms. The van der Waals surface area contributed by atoms with Gasteiger partial charge in [-0.05, 0) is 42.8 Å². The van der Waals surface area contributed by atoms with Gasteiger partial charge in [0.1, 0.15) is 23.1 Å². The molecule has 4 heteroatoms. The van der Waals surface area contributed by atoms with E-state index in [9.17, 15) is 10.1 Å². The summed E-state index contributed by atoms with van der Waals surface area (Å²) >= 11 is 0. The number of nitriles is 1. The van der Waals surface area contributed by atoms with Crippen molar-refractivity contribution in [2.24, 2.45) is 0 Å². The van der Waals surface area contributed by atoms with E-state index in [0.717, 1.165) is 11.3 Å². The summed E-state index contributed by atoms with van der Waals surface area (Å²) in [4.78, 5) is 12.4. The molecule has 0 aromatic heterocycles. The third-order valence-corrected chi connectivity index (χ3v) is 3.20. The minimum absolute atomic E-state index is 0.0717. The van der Waals surface area contributed by atoms with E-state index in [2.05, 4.69) is 0 Å². The average molecular weight is 307 g/mol. The van der Waals surface area contributed by atoms with Gasteiger partial charge in [-0.3, -0.25) is 4.79 Å². The second-order valence-electron chi connectivity index (χ2n) is 4.73. The van der Waals surface area contributed by atoms with E-state index < -0.39 is 0 Å². The van der Waals surface area contributed by atoms with Crippen molar-refractivity contribution in [1.29, 1.82) is 5.26 Å². The van der Waals surface area contributed by atoms with Gasteiger partial charge in [0.15, 0.2) is 0 Å². The van der Waals surface area contributed by atoms with Crippen molar-refractivity contribution in [2.45, 2.75) is 6.92 Å². The molecule has 0 fully saturated rings. The number of ketones is 1. The standard InChI is InChI=1S/C19H17NO3/c1-3-23-17-9-7-14(8-10-17)11-16(13-20)19(21)15-5-4-6-18(12-15)22-2/h4-12H,3H2,1-2H3/b16-11+. The van der Waals surface area contributed by atoms with Crippen molar-refractivity contribution in [3.8, 4) is 17.6 Å². The fourth-order valence-corrected chi connectivity index (χ4v) is 2.06. The number of rotatable bonds is 6. The van der Waals surface area contributed by atoms with E-state index in [1.54, 1.807) is 54.6 Å².